The molecule has 0 bridgehead atoms. The second-order valence-corrected chi connectivity index (χ2v) is 10.3. The van der Waals surface area contributed by atoms with E-state index in [0.29, 0.717) is 12.6 Å². The van der Waals surface area contributed by atoms with Crippen LogP contribution in [0.25, 0.3) is 0 Å². The minimum Gasteiger partial charge on any atom is -0.465 e. The van der Waals surface area contributed by atoms with Gasteiger partial charge in [0.2, 0.25) is 17.7 Å². The molecule has 40 heavy (non-hydrogen) atoms. The van der Waals surface area contributed by atoms with Gasteiger partial charge in [-0.05, 0) is 42.7 Å². The van der Waals surface area contributed by atoms with Crippen molar-refractivity contribution >= 4 is 29.6 Å². The molecule has 2 atom stereocenters. The molecule has 4 N–H and O–H groups in total. The number of carbonyl (C=O) groups is 5. The number of benzene rings is 2. The standard InChI is InChI=1S/C28H34F2N4O6/c1-16(24(36)31-14-19-10-11-20(29)12-21(19)30)33-26(38)22(13-23(35)32-15-28(2,3)4)34-25(37)17-6-8-18(9-7-17)27(39)40-5/h6-12,16,22H,13-15H2,1-5H3,(H,31,36)(H,32,35)(H,33,38)(H,34,37)/t16-,22?/m0/s1. The van der Waals surface area contributed by atoms with Crippen LogP contribution in [0.1, 0.15) is 60.4 Å². The van der Waals surface area contributed by atoms with Gasteiger partial charge in [0.05, 0.1) is 19.1 Å². The van der Waals surface area contributed by atoms with E-state index >= 15 is 0 Å². The topological polar surface area (TPSA) is 143 Å². The number of carbonyl (C=O) groups excluding carboxylic acids is 5. The van der Waals surface area contributed by atoms with E-state index in [1.807, 2.05) is 20.8 Å². The van der Waals surface area contributed by atoms with Gasteiger partial charge in [-0.2, -0.15) is 0 Å². The van der Waals surface area contributed by atoms with Crippen molar-refractivity contribution in [3.63, 3.8) is 0 Å². The maximum absolute atomic E-state index is 13.9. The van der Waals surface area contributed by atoms with E-state index in [1.54, 1.807) is 0 Å². The number of methoxy groups -OCH3 is 1. The molecule has 0 saturated heterocycles. The minimum atomic E-state index is -1.35. The molecule has 2 aromatic carbocycles. The summed E-state index contributed by atoms with van der Waals surface area (Å²) in [6.07, 6.45) is -0.414. The Morgan fingerprint density at radius 3 is 2.08 bits per heavy atom. The number of ether oxygens (including phenoxy) is 1. The summed E-state index contributed by atoms with van der Waals surface area (Å²) in [4.78, 5) is 62.7. The van der Waals surface area contributed by atoms with Crippen LogP contribution in [0.3, 0.4) is 0 Å². The van der Waals surface area contributed by atoms with Gasteiger partial charge in [-0.1, -0.05) is 26.8 Å². The molecule has 0 fully saturated rings. The molecule has 0 heterocycles. The van der Waals surface area contributed by atoms with Crippen molar-refractivity contribution in [3.05, 3.63) is 70.8 Å². The van der Waals surface area contributed by atoms with E-state index in [9.17, 15) is 32.8 Å². The molecule has 2 aromatic rings. The number of nitrogens with one attached hydrogen (secondary N) is 4. The van der Waals surface area contributed by atoms with Crippen LogP contribution >= 0.6 is 0 Å². The third kappa shape index (κ3) is 10.1. The van der Waals surface area contributed by atoms with Crippen molar-refractivity contribution in [2.75, 3.05) is 13.7 Å². The molecule has 1 unspecified atom stereocenters. The summed E-state index contributed by atoms with van der Waals surface area (Å²) in [5, 5.41) is 10.1. The number of hydrogen-bond donors (Lipinski definition) is 4. The van der Waals surface area contributed by atoms with Crippen molar-refractivity contribution in [1.29, 1.82) is 0 Å². The van der Waals surface area contributed by atoms with Crippen LogP contribution in [0, 0.1) is 17.0 Å². The minimum absolute atomic E-state index is 0.0483. The number of rotatable bonds is 11. The number of esters is 1. The fraction of sp³-hybridized carbons (Fsp3) is 0.393. The molecule has 0 radical (unpaired) electrons. The van der Waals surface area contributed by atoms with E-state index in [1.165, 1.54) is 44.4 Å². The van der Waals surface area contributed by atoms with E-state index in [4.69, 9.17) is 0 Å². The first-order chi connectivity index (χ1) is 18.7. The summed E-state index contributed by atoms with van der Waals surface area (Å²) in [5.41, 5.74) is 0.157. The van der Waals surface area contributed by atoms with Gasteiger partial charge in [0, 0.05) is 30.3 Å². The lowest BCUT2D eigenvalue weighted by atomic mass is 9.97. The SMILES string of the molecule is COC(=O)c1ccc(C(=O)NC(CC(=O)NCC(C)(C)C)C(=O)N[C@@H](C)C(=O)NCc2ccc(F)cc2F)cc1. The summed E-state index contributed by atoms with van der Waals surface area (Å²) in [6.45, 7) is 7.18. The van der Waals surface area contributed by atoms with E-state index < -0.39 is 59.7 Å². The Morgan fingerprint density at radius 1 is 0.875 bits per heavy atom. The Labute approximate surface area is 231 Å². The van der Waals surface area contributed by atoms with Gasteiger partial charge in [-0.25, -0.2) is 13.6 Å². The highest BCUT2D eigenvalue weighted by molar-refractivity contribution is 6.00. The number of hydrogen-bond acceptors (Lipinski definition) is 6. The predicted octanol–water partition coefficient (Wildman–Crippen LogP) is 2.22. The second kappa shape index (κ2) is 14.2. The maximum atomic E-state index is 13.9. The Balaban J connectivity index is 2.10. The second-order valence-electron chi connectivity index (χ2n) is 10.3. The van der Waals surface area contributed by atoms with Crippen molar-refractivity contribution in [2.45, 2.75) is 52.7 Å². The molecule has 4 amide bonds. The van der Waals surface area contributed by atoms with Crippen LogP contribution in [0.4, 0.5) is 8.78 Å². The summed E-state index contributed by atoms with van der Waals surface area (Å²) < 4.78 is 31.6. The monoisotopic (exact) mass is 560 g/mol. The van der Waals surface area contributed by atoms with Crippen LogP contribution in [-0.2, 0) is 25.7 Å². The normalized spacial score (nSPS) is 12.5. The van der Waals surface area contributed by atoms with E-state index in [0.717, 1.165) is 6.07 Å². The smallest absolute Gasteiger partial charge is 0.337 e. The molecule has 0 aliphatic heterocycles. The molecule has 2 rings (SSSR count). The maximum Gasteiger partial charge on any atom is 0.337 e. The molecule has 0 aliphatic carbocycles. The van der Waals surface area contributed by atoms with Gasteiger partial charge in [0.15, 0.2) is 0 Å². The Kier molecular flexibility index (Phi) is 11.3. The zero-order valence-electron chi connectivity index (χ0n) is 23.0. The third-order valence-electron chi connectivity index (χ3n) is 5.62. The van der Waals surface area contributed by atoms with Crippen LogP contribution in [-0.4, -0.2) is 55.3 Å². The Bertz CT molecular complexity index is 1240. The van der Waals surface area contributed by atoms with Crippen LogP contribution in [0.2, 0.25) is 0 Å². The van der Waals surface area contributed by atoms with Crippen molar-refractivity contribution < 1.29 is 37.5 Å². The summed E-state index contributed by atoms with van der Waals surface area (Å²) in [7, 11) is 1.22. The molecular formula is C28H34F2N4O6. The quantitative estimate of drug-likeness (QED) is 0.311. The number of amides is 4. The zero-order valence-corrected chi connectivity index (χ0v) is 23.0. The molecule has 0 spiro atoms. The van der Waals surface area contributed by atoms with Gasteiger partial charge < -0.3 is 26.0 Å². The van der Waals surface area contributed by atoms with Crippen molar-refractivity contribution in [3.8, 4) is 0 Å². The van der Waals surface area contributed by atoms with Crippen LogP contribution < -0.4 is 21.3 Å². The van der Waals surface area contributed by atoms with Crippen molar-refractivity contribution in [1.82, 2.24) is 21.3 Å². The first-order valence-electron chi connectivity index (χ1n) is 12.5. The van der Waals surface area contributed by atoms with Gasteiger partial charge >= 0.3 is 5.97 Å². The highest BCUT2D eigenvalue weighted by atomic mass is 19.1. The lowest BCUT2D eigenvalue weighted by molar-refractivity contribution is -0.131. The van der Waals surface area contributed by atoms with Gasteiger partial charge in [-0.15, -0.1) is 0 Å². The molecule has 0 aliphatic rings. The summed E-state index contributed by atoms with van der Waals surface area (Å²) in [6, 6.07) is 5.94. The summed E-state index contributed by atoms with van der Waals surface area (Å²) >= 11 is 0. The average molecular weight is 561 g/mol. The van der Waals surface area contributed by atoms with E-state index in [2.05, 4.69) is 26.0 Å². The largest absolute Gasteiger partial charge is 0.465 e. The Hall–Kier alpha value is -4.35. The number of halogens is 2. The van der Waals surface area contributed by atoms with Crippen LogP contribution in [0.5, 0.6) is 0 Å². The third-order valence-corrected chi connectivity index (χ3v) is 5.62. The highest BCUT2D eigenvalue weighted by Gasteiger charge is 2.28. The molecule has 10 nitrogen and oxygen atoms in total. The highest BCUT2D eigenvalue weighted by Crippen LogP contribution is 2.12. The first kappa shape index (κ1) is 31.9. The van der Waals surface area contributed by atoms with Gasteiger partial charge in [0.1, 0.15) is 23.7 Å². The molecule has 216 valence electrons. The fourth-order valence-electron chi connectivity index (χ4n) is 3.33. The molecular weight excluding hydrogens is 526 g/mol. The predicted molar refractivity (Wildman–Crippen MR) is 142 cm³/mol. The van der Waals surface area contributed by atoms with E-state index in [-0.39, 0.29) is 28.7 Å². The van der Waals surface area contributed by atoms with Gasteiger partial charge in [0.25, 0.3) is 5.91 Å². The first-order valence-corrected chi connectivity index (χ1v) is 12.5. The van der Waals surface area contributed by atoms with Crippen molar-refractivity contribution in [2.24, 2.45) is 5.41 Å². The lowest BCUT2D eigenvalue weighted by Crippen LogP contribution is -2.54. The molecule has 0 saturated carbocycles. The summed E-state index contributed by atoms with van der Waals surface area (Å²) in [5.74, 6) is -4.84. The Morgan fingerprint density at radius 2 is 1.50 bits per heavy atom. The fourth-order valence-corrected chi connectivity index (χ4v) is 3.33. The molecule has 0 aromatic heterocycles. The van der Waals surface area contributed by atoms with Crippen LogP contribution in [0.15, 0.2) is 42.5 Å². The molecule has 12 heteroatoms. The van der Waals surface area contributed by atoms with Gasteiger partial charge in [-0.3, -0.25) is 19.2 Å². The lowest BCUT2D eigenvalue weighted by Gasteiger charge is -2.23. The average Bonchev–Trinajstić information content (AvgIpc) is 2.89. The zero-order chi connectivity index (χ0) is 30.0.